The molecule has 2 aliphatic heterocycles. The first-order valence-corrected chi connectivity index (χ1v) is 10.7. The number of aromatic nitrogens is 1. The lowest BCUT2D eigenvalue weighted by atomic mass is 10.0. The standard InChI is InChI=1S/C15H22N2O4S.C2HF3O2/c1-2-10-22(18,19)17-11-13(15-12(17)6-5-9-20-15)21-14-7-3-4-8-16-14;3-2(4,5)1(6)7/h3-4,7-8,12-13,15H,2,5-6,9-11H2,1H3;(H,6,7)/t12-,13-,15+;/m1./s1. The van der Waals surface area contributed by atoms with Crippen LogP contribution < -0.4 is 4.74 Å². The van der Waals surface area contributed by atoms with Crippen LogP contribution in [0.25, 0.3) is 0 Å². The Morgan fingerprint density at radius 1 is 1.41 bits per heavy atom. The molecule has 0 unspecified atom stereocenters. The van der Waals surface area contributed by atoms with E-state index < -0.39 is 22.2 Å². The summed E-state index contributed by atoms with van der Waals surface area (Å²) in [4.78, 5) is 13.1. The van der Waals surface area contributed by atoms with E-state index in [9.17, 15) is 21.6 Å². The smallest absolute Gasteiger partial charge is 0.475 e. The van der Waals surface area contributed by atoms with E-state index in [0.29, 0.717) is 25.5 Å². The summed E-state index contributed by atoms with van der Waals surface area (Å²) in [5.41, 5.74) is 0. The van der Waals surface area contributed by atoms with Crippen molar-refractivity contribution in [2.75, 3.05) is 18.9 Å². The normalized spacial score (nSPS) is 24.9. The quantitative estimate of drug-likeness (QED) is 0.747. The number of ether oxygens (including phenoxy) is 2. The number of halogens is 3. The fourth-order valence-corrected chi connectivity index (χ4v) is 5.00. The summed E-state index contributed by atoms with van der Waals surface area (Å²) in [6, 6.07) is 5.33. The molecule has 2 aliphatic rings. The maximum absolute atomic E-state index is 12.5. The fourth-order valence-electron chi connectivity index (χ4n) is 3.24. The number of rotatable bonds is 5. The fraction of sp³-hybridized carbons (Fsp3) is 0.647. The van der Waals surface area contributed by atoms with E-state index >= 15 is 0 Å². The average Bonchev–Trinajstić information content (AvgIpc) is 3.02. The summed E-state index contributed by atoms with van der Waals surface area (Å²) in [5.74, 6) is -2.07. The number of carboxylic acids is 1. The molecule has 0 bridgehead atoms. The highest BCUT2D eigenvalue weighted by molar-refractivity contribution is 7.89. The van der Waals surface area contributed by atoms with Crippen LogP contribution >= 0.6 is 0 Å². The van der Waals surface area contributed by atoms with Crippen molar-refractivity contribution in [1.29, 1.82) is 0 Å². The Kier molecular flexibility index (Phi) is 7.83. The Balaban J connectivity index is 0.000000370. The van der Waals surface area contributed by atoms with Gasteiger partial charge in [-0.25, -0.2) is 18.2 Å². The molecule has 0 saturated carbocycles. The van der Waals surface area contributed by atoms with Crippen molar-refractivity contribution >= 4 is 16.0 Å². The zero-order valence-electron chi connectivity index (χ0n) is 15.7. The Hall–Kier alpha value is -1.92. The molecule has 0 radical (unpaired) electrons. The molecule has 1 N–H and O–H groups in total. The van der Waals surface area contributed by atoms with Gasteiger partial charge in [0, 0.05) is 18.9 Å². The van der Waals surface area contributed by atoms with Gasteiger partial charge in [0.1, 0.15) is 12.2 Å². The minimum Gasteiger partial charge on any atom is -0.475 e. The summed E-state index contributed by atoms with van der Waals surface area (Å²) >= 11 is 0. The summed E-state index contributed by atoms with van der Waals surface area (Å²) in [6.45, 7) is 2.88. The molecule has 8 nitrogen and oxygen atoms in total. The molecule has 2 fully saturated rings. The molecule has 12 heteroatoms. The zero-order chi connectivity index (χ0) is 21.7. The molecule has 0 aliphatic carbocycles. The van der Waals surface area contributed by atoms with E-state index in [0.717, 1.165) is 12.8 Å². The van der Waals surface area contributed by atoms with Crippen LogP contribution in [0.4, 0.5) is 13.2 Å². The highest BCUT2D eigenvalue weighted by Gasteiger charge is 2.49. The van der Waals surface area contributed by atoms with E-state index in [1.165, 1.54) is 0 Å². The third kappa shape index (κ3) is 6.28. The number of fused-ring (bicyclic) bond motifs is 1. The number of nitrogens with zero attached hydrogens (tertiary/aromatic N) is 2. The molecule has 1 aromatic heterocycles. The molecule has 0 aromatic carbocycles. The van der Waals surface area contributed by atoms with Gasteiger partial charge in [-0.1, -0.05) is 13.0 Å². The number of aliphatic carboxylic acids is 1. The number of sulfonamides is 1. The lowest BCUT2D eigenvalue weighted by molar-refractivity contribution is -0.192. The monoisotopic (exact) mass is 440 g/mol. The van der Waals surface area contributed by atoms with Crippen molar-refractivity contribution in [3.05, 3.63) is 24.4 Å². The number of alkyl halides is 3. The molecule has 3 heterocycles. The zero-order valence-corrected chi connectivity index (χ0v) is 16.5. The topological polar surface area (TPSA) is 106 Å². The first-order chi connectivity index (χ1) is 13.6. The number of hydrogen-bond donors (Lipinski definition) is 1. The van der Waals surface area contributed by atoms with Crippen molar-refractivity contribution in [3.8, 4) is 5.88 Å². The van der Waals surface area contributed by atoms with Crippen molar-refractivity contribution in [3.63, 3.8) is 0 Å². The molecule has 0 amide bonds. The van der Waals surface area contributed by atoms with Crippen LogP contribution in [-0.4, -0.2) is 72.1 Å². The first-order valence-electron chi connectivity index (χ1n) is 9.05. The molecule has 29 heavy (non-hydrogen) atoms. The second kappa shape index (κ2) is 9.72. The largest absolute Gasteiger partial charge is 0.490 e. The van der Waals surface area contributed by atoms with E-state index in [-0.39, 0.29) is 24.0 Å². The van der Waals surface area contributed by atoms with Gasteiger partial charge in [-0.15, -0.1) is 0 Å². The van der Waals surface area contributed by atoms with Crippen LogP contribution in [0.3, 0.4) is 0 Å². The SMILES string of the molecule is CCCS(=O)(=O)N1C[C@@H](Oc2ccccn2)[C@H]2OCCC[C@H]21.O=C(O)C(F)(F)F. The minimum atomic E-state index is -5.08. The Morgan fingerprint density at radius 2 is 2.10 bits per heavy atom. The number of hydrogen-bond acceptors (Lipinski definition) is 6. The van der Waals surface area contributed by atoms with Gasteiger partial charge in [0.15, 0.2) is 0 Å². The second-order valence-electron chi connectivity index (χ2n) is 6.56. The van der Waals surface area contributed by atoms with Crippen LogP contribution in [-0.2, 0) is 19.6 Å². The summed E-state index contributed by atoms with van der Waals surface area (Å²) in [7, 11) is -3.25. The molecule has 0 spiro atoms. The Bertz CT molecular complexity index is 775. The Morgan fingerprint density at radius 3 is 2.66 bits per heavy atom. The maximum atomic E-state index is 12.5. The Labute approximate surface area is 166 Å². The van der Waals surface area contributed by atoms with Crippen molar-refractivity contribution in [2.24, 2.45) is 0 Å². The van der Waals surface area contributed by atoms with Gasteiger partial charge in [0.05, 0.1) is 18.3 Å². The van der Waals surface area contributed by atoms with Gasteiger partial charge in [-0.2, -0.15) is 17.5 Å². The molecular weight excluding hydrogens is 417 g/mol. The predicted molar refractivity (Wildman–Crippen MR) is 95.9 cm³/mol. The van der Waals surface area contributed by atoms with Gasteiger partial charge in [0.25, 0.3) is 0 Å². The minimum absolute atomic E-state index is 0.112. The van der Waals surface area contributed by atoms with E-state index in [1.807, 2.05) is 19.1 Å². The van der Waals surface area contributed by atoms with Crippen LogP contribution in [0.1, 0.15) is 26.2 Å². The predicted octanol–water partition coefficient (Wildman–Crippen LogP) is 2.07. The lowest BCUT2D eigenvalue weighted by Gasteiger charge is -2.31. The van der Waals surface area contributed by atoms with Gasteiger partial charge in [-0.3, -0.25) is 0 Å². The second-order valence-corrected chi connectivity index (χ2v) is 8.60. The maximum Gasteiger partial charge on any atom is 0.490 e. The van der Waals surface area contributed by atoms with Crippen LogP contribution in [0.2, 0.25) is 0 Å². The molecule has 2 saturated heterocycles. The highest BCUT2D eigenvalue weighted by Crippen LogP contribution is 2.33. The van der Waals surface area contributed by atoms with Crippen LogP contribution in [0.5, 0.6) is 5.88 Å². The number of carbonyl (C=O) groups is 1. The van der Waals surface area contributed by atoms with E-state index in [1.54, 1.807) is 16.6 Å². The van der Waals surface area contributed by atoms with Crippen molar-refractivity contribution in [1.82, 2.24) is 9.29 Å². The molecule has 164 valence electrons. The summed E-state index contributed by atoms with van der Waals surface area (Å²) in [6.07, 6.45) is -1.60. The van der Waals surface area contributed by atoms with Gasteiger partial charge in [-0.05, 0) is 25.3 Å². The summed E-state index contributed by atoms with van der Waals surface area (Å²) < 4.78 is 70.0. The highest BCUT2D eigenvalue weighted by atomic mass is 32.2. The van der Waals surface area contributed by atoms with Gasteiger partial charge >= 0.3 is 12.1 Å². The van der Waals surface area contributed by atoms with Crippen LogP contribution in [0.15, 0.2) is 24.4 Å². The van der Waals surface area contributed by atoms with Gasteiger partial charge in [0.2, 0.25) is 15.9 Å². The number of pyridine rings is 1. The summed E-state index contributed by atoms with van der Waals surface area (Å²) in [5, 5.41) is 7.12. The first kappa shape index (κ1) is 23.4. The molecule has 3 atom stereocenters. The van der Waals surface area contributed by atoms with Crippen molar-refractivity contribution in [2.45, 2.75) is 50.6 Å². The third-order valence-corrected chi connectivity index (χ3v) is 6.46. The van der Waals surface area contributed by atoms with Crippen molar-refractivity contribution < 1.29 is 41.0 Å². The molecule has 3 rings (SSSR count). The van der Waals surface area contributed by atoms with Gasteiger partial charge < -0.3 is 14.6 Å². The third-order valence-electron chi connectivity index (χ3n) is 4.40. The lowest BCUT2D eigenvalue weighted by Crippen LogP contribution is -2.44. The molecular formula is C17H23F3N2O6S. The van der Waals surface area contributed by atoms with E-state index in [2.05, 4.69) is 4.98 Å². The average molecular weight is 440 g/mol. The molecule has 1 aromatic rings. The van der Waals surface area contributed by atoms with E-state index in [4.69, 9.17) is 19.4 Å². The van der Waals surface area contributed by atoms with Crippen LogP contribution in [0, 0.1) is 0 Å². The number of carboxylic acid groups (broad SMARTS) is 1.